The van der Waals surface area contributed by atoms with E-state index >= 15 is 0 Å². The number of benzene rings is 3. The maximum absolute atomic E-state index is 12.8. The number of carbonyl (C=O) groups is 1. The van der Waals surface area contributed by atoms with Gasteiger partial charge in [0.2, 0.25) is 10.0 Å². The molecule has 0 aliphatic rings. The van der Waals surface area contributed by atoms with Crippen LogP contribution in [0, 0.1) is 0 Å². The average Bonchev–Trinajstić information content (AvgIpc) is 2.80. The summed E-state index contributed by atoms with van der Waals surface area (Å²) < 4.78 is 54.3. The molecule has 0 atom stereocenters. The van der Waals surface area contributed by atoms with E-state index in [1.165, 1.54) is 53.8 Å². The molecular weight excluding hydrogens is 462 g/mol. The van der Waals surface area contributed by atoms with E-state index in [1.54, 1.807) is 50.2 Å². The van der Waals surface area contributed by atoms with E-state index in [-0.39, 0.29) is 32.8 Å². The molecule has 0 saturated carbocycles. The molecule has 0 heterocycles. The minimum Gasteiger partial charge on any atom is -0.320 e. The van der Waals surface area contributed by atoms with Gasteiger partial charge in [-0.3, -0.25) is 9.52 Å². The Labute approximate surface area is 194 Å². The van der Waals surface area contributed by atoms with Crippen LogP contribution >= 0.6 is 0 Å². The van der Waals surface area contributed by atoms with Crippen LogP contribution in [0.3, 0.4) is 0 Å². The van der Waals surface area contributed by atoms with Crippen LogP contribution in [0.5, 0.6) is 0 Å². The molecule has 0 bridgehead atoms. The Morgan fingerprint density at radius 2 is 1.30 bits per heavy atom. The zero-order valence-electron chi connectivity index (χ0n) is 18.4. The number of amides is 1. The summed E-state index contributed by atoms with van der Waals surface area (Å²) in [7, 11) is -6.02. The van der Waals surface area contributed by atoms with Gasteiger partial charge in [0, 0.05) is 18.7 Å². The fourth-order valence-corrected chi connectivity index (χ4v) is 5.37. The molecule has 2 N–H and O–H groups in total. The van der Waals surface area contributed by atoms with Gasteiger partial charge >= 0.3 is 0 Å². The van der Waals surface area contributed by atoms with Crippen LogP contribution in [0.2, 0.25) is 0 Å². The monoisotopic (exact) mass is 487 g/mol. The number of nitrogens with zero attached hydrogens (tertiary/aromatic N) is 1. The molecule has 33 heavy (non-hydrogen) atoms. The number of rotatable bonds is 8. The summed E-state index contributed by atoms with van der Waals surface area (Å²) in [4.78, 5) is 12.9. The number of hydrogen-bond acceptors (Lipinski definition) is 5. The molecule has 3 rings (SSSR count). The van der Waals surface area contributed by atoms with Gasteiger partial charge in [-0.15, -0.1) is 0 Å². The molecule has 0 radical (unpaired) electrons. The highest BCUT2D eigenvalue weighted by atomic mass is 32.2. The summed E-state index contributed by atoms with van der Waals surface area (Å²) in [5.41, 5.74) is 0.688. The van der Waals surface area contributed by atoms with Gasteiger partial charge in [0.15, 0.2) is 0 Å². The van der Waals surface area contributed by atoms with E-state index < -0.39 is 26.0 Å². The SMILES string of the molecule is CC(C)N(C)S(=O)(=O)c1ccc(C(=O)Nc2ccccc2NS(=O)(=O)c2ccccc2)cc1. The Bertz CT molecular complexity index is 1340. The average molecular weight is 488 g/mol. The first kappa shape index (κ1) is 24.4. The summed E-state index contributed by atoms with van der Waals surface area (Å²) in [6.45, 7) is 3.53. The molecule has 0 aliphatic carbocycles. The zero-order chi connectivity index (χ0) is 24.2. The predicted molar refractivity (Wildman–Crippen MR) is 128 cm³/mol. The highest BCUT2D eigenvalue weighted by molar-refractivity contribution is 7.92. The maximum atomic E-state index is 12.8. The molecular formula is C23H25N3O5S2. The fraction of sp³-hybridized carbons (Fsp3) is 0.174. The highest BCUT2D eigenvalue weighted by Gasteiger charge is 2.23. The van der Waals surface area contributed by atoms with Crippen LogP contribution in [-0.4, -0.2) is 40.1 Å². The molecule has 1 amide bonds. The Balaban J connectivity index is 1.81. The number of hydrogen-bond donors (Lipinski definition) is 2. The minimum atomic E-state index is -3.85. The van der Waals surface area contributed by atoms with Gasteiger partial charge in [-0.2, -0.15) is 4.31 Å². The van der Waals surface area contributed by atoms with Crippen LogP contribution in [0.1, 0.15) is 24.2 Å². The molecule has 3 aromatic rings. The van der Waals surface area contributed by atoms with E-state index in [1.807, 2.05) is 0 Å². The number of sulfonamides is 2. The first-order chi connectivity index (χ1) is 15.5. The van der Waals surface area contributed by atoms with Crippen molar-refractivity contribution in [3.05, 3.63) is 84.4 Å². The molecule has 0 unspecified atom stereocenters. The summed E-state index contributed by atoms with van der Waals surface area (Å²) >= 11 is 0. The van der Waals surface area contributed by atoms with Crippen LogP contribution in [0.25, 0.3) is 0 Å². The van der Waals surface area contributed by atoms with Crippen LogP contribution in [0.15, 0.2) is 88.7 Å². The van der Waals surface area contributed by atoms with E-state index in [4.69, 9.17) is 0 Å². The lowest BCUT2D eigenvalue weighted by atomic mass is 10.2. The van der Waals surface area contributed by atoms with Crippen LogP contribution < -0.4 is 10.0 Å². The molecule has 0 aromatic heterocycles. The van der Waals surface area contributed by atoms with E-state index in [0.29, 0.717) is 0 Å². The second kappa shape index (κ2) is 9.74. The number of anilines is 2. The van der Waals surface area contributed by atoms with Crippen molar-refractivity contribution in [3.63, 3.8) is 0 Å². The maximum Gasteiger partial charge on any atom is 0.261 e. The Morgan fingerprint density at radius 1 is 0.758 bits per heavy atom. The van der Waals surface area contributed by atoms with Gasteiger partial charge in [0.25, 0.3) is 15.9 Å². The standard InChI is InChI=1S/C23H25N3O5S2/c1-17(2)26(3)33(30,31)20-15-13-18(14-16-20)23(27)24-21-11-7-8-12-22(21)25-32(28,29)19-9-5-4-6-10-19/h4-17,25H,1-3H3,(H,24,27). The van der Waals surface area contributed by atoms with E-state index in [0.717, 1.165) is 0 Å². The third-order valence-electron chi connectivity index (χ3n) is 4.99. The van der Waals surface area contributed by atoms with Crippen molar-refractivity contribution in [1.82, 2.24) is 4.31 Å². The quantitative estimate of drug-likeness (QED) is 0.502. The largest absolute Gasteiger partial charge is 0.320 e. The highest BCUT2D eigenvalue weighted by Crippen LogP contribution is 2.25. The molecule has 8 nitrogen and oxygen atoms in total. The lowest BCUT2D eigenvalue weighted by Crippen LogP contribution is -2.33. The Hall–Kier alpha value is -3.21. The molecule has 0 fully saturated rings. The Morgan fingerprint density at radius 3 is 1.88 bits per heavy atom. The van der Waals surface area contributed by atoms with Gasteiger partial charge in [-0.25, -0.2) is 16.8 Å². The summed E-state index contributed by atoms with van der Waals surface area (Å²) in [6, 6.07) is 19.6. The molecule has 0 saturated heterocycles. The fourth-order valence-electron chi connectivity index (χ4n) is 2.90. The van der Waals surface area contributed by atoms with Crippen molar-refractivity contribution in [2.45, 2.75) is 29.7 Å². The summed E-state index contributed by atoms with van der Waals surface area (Å²) in [5.74, 6) is -0.512. The second-order valence-corrected chi connectivity index (χ2v) is 11.2. The predicted octanol–water partition coefficient (Wildman–Crippen LogP) is 3.77. The smallest absolute Gasteiger partial charge is 0.261 e. The van der Waals surface area contributed by atoms with Crippen LogP contribution in [-0.2, 0) is 20.0 Å². The zero-order valence-corrected chi connectivity index (χ0v) is 20.0. The minimum absolute atomic E-state index is 0.0753. The van der Waals surface area contributed by atoms with Gasteiger partial charge < -0.3 is 5.32 Å². The first-order valence-electron chi connectivity index (χ1n) is 10.1. The molecule has 10 heteroatoms. The molecule has 174 valence electrons. The lowest BCUT2D eigenvalue weighted by Gasteiger charge is -2.21. The number of carbonyl (C=O) groups excluding carboxylic acids is 1. The lowest BCUT2D eigenvalue weighted by molar-refractivity contribution is 0.102. The molecule has 3 aromatic carbocycles. The van der Waals surface area contributed by atoms with Crippen molar-refractivity contribution in [2.24, 2.45) is 0 Å². The number of para-hydroxylation sites is 2. The van der Waals surface area contributed by atoms with Gasteiger partial charge in [0.1, 0.15) is 0 Å². The van der Waals surface area contributed by atoms with Crippen LogP contribution in [0.4, 0.5) is 11.4 Å². The van der Waals surface area contributed by atoms with Gasteiger partial charge in [-0.1, -0.05) is 30.3 Å². The second-order valence-electron chi connectivity index (χ2n) is 7.56. The van der Waals surface area contributed by atoms with Gasteiger partial charge in [0.05, 0.1) is 21.2 Å². The third kappa shape index (κ3) is 5.59. The van der Waals surface area contributed by atoms with E-state index in [9.17, 15) is 21.6 Å². The van der Waals surface area contributed by atoms with Crippen molar-refractivity contribution in [3.8, 4) is 0 Å². The third-order valence-corrected chi connectivity index (χ3v) is 8.42. The normalized spacial score (nSPS) is 12.0. The molecule has 0 aliphatic heterocycles. The Kier molecular flexibility index (Phi) is 7.21. The van der Waals surface area contributed by atoms with E-state index in [2.05, 4.69) is 10.0 Å². The van der Waals surface area contributed by atoms with Crippen molar-refractivity contribution in [2.75, 3.05) is 17.1 Å². The van der Waals surface area contributed by atoms with Crippen molar-refractivity contribution in [1.29, 1.82) is 0 Å². The summed E-state index contributed by atoms with van der Waals surface area (Å²) in [6.07, 6.45) is 0. The summed E-state index contributed by atoms with van der Waals surface area (Å²) in [5, 5.41) is 2.67. The van der Waals surface area contributed by atoms with Crippen molar-refractivity contribution < 1.29 is 21.6 Å². The number of nitrogens with one attached hydrogen (secondary N) is 2. The molecule has 0 spiro atoms. The topological polar surface area (TPSA) is 113 Å². The first-order valence-corrected chi connectivity index (χ1v) is 13.0. The van der Waals surface area contributed by atoms with Crippen molar-refractivity contribution >= 4 is 37.3 Å². The van der Waals surface area contributed by atoms with Gasteiger partial charge in [-0.05, 0) is 62.4 Å².